The monoisotopic (exact) mass is 179 g/mol. The molecule has 70 valence electrons. The Morgan fingerprint density at radius 1 is 1.31 bits per heavy atom. The van der Waals surface area contributed by atoms with Crippen LogP contribution in [0.15, 0.2) is 30.8 Å². The topological polar surface area (TPSA) is 30.5 Å². The summed E-state index contributed by atoms with van der Waals surface area (Å²) >= 11 is 0. The molecule has 1 aromatic rings. The number of hydrogen-bond acceptors (Lipinski definition) is 3. The van der Waals surface area contributed by atoms with Gasteiger partial charge in [-0.25, -0.2) is 0 Å². The lowest BCUT2D eigenvalue weighted by Gasteiger charge is -2.10. The highest BCUT2D eigenvalue weighted by Gasteiger charge is 2.04. The molecule has 0 unspecified atom stereocenters. The van der Waals surface area contributed by atoms with Gasteiger partial charge in [-0.2, -0.15) is 0 Å². The maximum absolute atomic E-state index is 5.16. The molecule has 0 aliphatic heterocycles. The Labute approximate surface area is 77.9 Å². The number of para-hydroxylation sites is 1. The molecule has 0 aliphatic rings. The van der Waals surface area contributed by atoms with Crippen LogP contribution < -0.4 is 10.2 Å². The minimum atomic E-state index is 0.681. The van der Waals surface area contributed by atoms with E-state index in [0.29, 0.717) is 5.70 Å². The van der Waals surface area contributed by atoms with E-state index in [1.807, 2.05) is 24.3 Å². The zero-order valence-corrected chi connectivity index (χ0v) is 7.83. The Kier molecular flexibility index (Phi) is 3.34. The quantitative estimate of drug-likeness (QED) is 0.715. The van der Waals surface area contributed by atoms with Gasteiger partial charge in [0, 0.05) is 5.56 Å². The minimum Gasteiger partial charge on any atom is -0.496 e. The third kappa shape index (κ3) is 2.23. The van der Waals surface area contributed by atoms with Gasteiger partial charge in [0.1, 0.15) is 5.75 Å². The number of ether oxygens (including phenoxy) is 1. The molecule has 1 aromatic carbocycles. The van der Waals surface area contributed by atoms with Crippen LogP contribution in [0.5, 0.6) is 5.75 Å². The van der Waals surface area contributed by atoms with Gasteiger partial charge in [0.2, 0.25) is 0 Å². The molecule has 3 heteroatoms. The van der Waals surface area contributed by atoms with Crippen LogP contribution in [0.2, 0.25) is 0 Å². The SMILES string of the molecule is C=C(NOC)c1ccccc1OC. The van der Waals surface area contributed by atoms with E-state index in [2.05, 4.69) is 12.1 Å². The van der Waals surface area contributed by atoms with E-state index >= 15 is 0 Å². The highest BCUT2D eigenvalue weighted by molar-refractivity contribution is 5.66. The molecule has 0 saturated carbocycles. The zero-order valence-electron chi connectivity index (χ0n) is 7.83. The Balaban J connectivity index is 2.92. The second-order valence-corrected chi connectivity index (χ2v) is 2.49. The predicted molar refractivity (Wildman–Crippen MR) is 52.2 cm³/mol. The summed E-state index contributed by atoms with van der Waals surface area (Å²) < 4.78 is 5.16. The molecule has 0 fully saturated rings. The minimum absolute atomic E-state index is 0.681. The summed E-state index contributed by atoms with van der Waals surface area (Å²) in [4.78, 5) is 4.75. The van der Waals surface area contributed by atoms with E-state index in [1.54, 1.807) is 14.2 Å². The molecular formula is C10H13NO2. The normalized spacial score (nSPS) is 9.38. The molecular weight excluding hydrogens is 166 g/mol. The van der Waals surface area contributed by atoms with Crippen LogP contribution in [0.3, 0.4) is 0 Å². The smallest absolute Gasteiger partial charge is 0.128 e. The molecule has 13 heavy (non-hydrogen) atoms. The molecule has 0 aromatic heterocycles. The second kappa shape index (κ2) is 4.52. The van der Waals surface area contributed by atoms with Gasteiger partial charge in [-0.15, -0.1) is 0 Å². The Morgan fingerprint density at radius 2 is 2.00 bits per heavy atom. The largest absolute Gasteiger partial charge is 0.496 e. The van der Waals surface area contributed by atoms with Crippen molar-refractivity contribution in [2.75, 3.05) is 14.2 Å². The molecule has 3 nitrogen and oxygen atoms in total. The van der Waals surface area contributed by atoms with E-state index in [4.69, 9.17) is 9.57 Å². The third-order valence-corrected chi connectivity index (χ3v) is 1.66. The highest BCUT2D eigenvalue weighted by Crippen LogP contribution is 2.22. The standard InChI is InChI=1S/C10H13NO2/c1-8(11-13-3)9-6-4-5-7-10(9)12-2/h4-7,11H,1H2,2-3H3. The summed E-state index contributed by atoms with van der Waals surface area (Å²) in [6.45, 7) is 3.81. The third-order valence-electron chi connectivity index (χ3n) is 1.66. The summed E-state index contributed by atoms with van der Waals surface area (Å²) in [6, 6.07) is 7.60. The zero-order chi connectivity index (χ0) is 9.68. The van der Waals surface area contributed by atoms with Crippen LogP contribution in [0.25, 0.3) is 5.70 Å². The van der Waals surface area contributed by atoms with Crippen molar-refractivity contribution in [3.05, 3.63) is 36.4 Å². The van der Waals surface area contributed by atoms with Crippen LogP contribution in [0.1, 0.15) is 5.56 Å². The van der Waals surface area contributed by atoms with Crippen molar-refractivity contribution >= 4 is 5.70 Å². The van der Waals surface area contributed by atoms with Gasteiger partial charge in [0.05, 0.1) is 19.9 Å². The van der Waals surface area contributed by atoms with Crippen molar-refractivity contribution in [3.8, 4) is 5.75 Å². The number of rotatable bonds is 4. The fraction of sp³-hybridized carbons (Fsp3) is 0.200. The molecule has 0 atom stereocenters. The lowest BCUT2D eigenvalue weighted by molar-refractivity contribution is 0.136. The van der Waals surface area contributed by atoms with Gasteiger partial charge in [0.15, 0.2) is 0 Å². The van der Waals surface area contributed by atoms with Gasteiger partial charge in [-0.1, -0.05) is 18.7 Å². The van der Waals surface area contributed by atoms with Crippen LogP contribution in [0.4, 0.5) is 0 Å². The summed E-state index contributed by atoms with van der Waals surface area (Å²) in [5, 5.41) is 0. The van der Waals surface area contributed by atoms with Crippen molar-refractivity contribution in [2.45, 2.75) is 0 Å². The lowest BCUT2D eigenvalue weighted by atomic mass is 10.1. The fourth-order valence-corrected chi connectivity index (χ4v) is 1.07. The average Bonchev–Trinajstić information content (AvgIpc) is 2.18. The average molecular weight is 179 g/mol. The number of benzene rings is 1. The second-order valence-electron chi connectivity index (χ2n) is 2.49. The lowest BCUT2D eigenvalue weighted by Crippen LogP contribution is -2.09. The highest BCUT2D eigenvalue weighted by atomic mass is 16.6. The van der Waals surface area contributed by atoms with Crippen LogP contribution in [-0.4, -0.2) is 14.2 Å². The molecule has 0 saturated heterocycles. The van der Waals surface area contributed by atoms with Gasteiger partial charge in [-0.05, 0) is 12.1 Å². The van der Waals surface area contributed by atoms with Crippen molar-refractivity contribution < 1.29 is 9.57 Å². The van der Waals surface area contributed by atoms with Crippen molar-refractivity contribution in [1.29, 1.82) is 0 Å². The van der Waals surface area contributed by atoms with Crippen LogP contribution >= 0.6 is 0 Å². The summed E-state index contributed by atoms with van der Waals surface area (Å²) in [5.74, 6) is 0.775. The molecule has 1 rings (SSSR count). The Morgan fingerprint density at radius 3 is 2.62 bits per heavy atom. The first-order valence-corrected chi connectivity index (χ1v) is 3.91. The van der Waals surface area contributed by atoms with Crippen molar-refractivity contribution in [1.82, 2.24) is 5.48 Å². The predicted octanol–water partition coefficient (Wildman–Crippen LogP) is 1.82. The van der Waals surface area contributed by atoms with E-state index in [9.17, 15) is 0 Å². The maximum atomic E-state index is 5.16. The molecule has 0 aliphatic carbocycles. The first kappa shape index (κ1) is 9.61. The van der Waals surface area contributed by atoms with E-state index < -0.39 is 0 Å². The summed E-state index contributed by atoms with van der Waals surface area (Å²) in [6.07, 6.45) is 0. The Hall–Kier alpha value is -1.48. The van der Waals surface area contributed by atoms with Crippen LogP contribution in [0, 0.1) is 0 Å². The number of nitrogens with one attached hydrogen (secondary N) is 1. The summed E-state index contributed by atoms with van der Waals surface area (Å²) in [7, 11) is 3.17. The number of hydrogen-bond donors (Lipinski definition) is 1. The van der Waals surface area contributed by atoms with Crippen molar-refractivity contribution in [2.24, 2.45) is 0 Å². The Bertz CT molecular complexity index is 297. The number of hydroxylamine groups is 1. The first-order chi connectivity index (χ1) is 6.29. The molecule has 0 radical (unpaired) electrons. The van der Waals surface area contributed by atoms with Crippen LogP contribution in [-0.2, 0) is 4.84 Å². The van der Waals surface area contributed by atoms with E-state index in [0.717, 1.165) is 11.3 Å². The fourth-order valence-electron chi connectivity index (χ4n) is 1.07. The van der Waals surface area contributed by atoms with E-state index in [-0.39, 0.29) is 0 Å². The maximum Gasteiger partial charge on any atom is 0.128 e. The molecule has 0 heterocycles. The van der Waals surface area contributed by atoms with Gasteiger partial charge in [-0.3, -0.25) is 10.3 Å². The molecule has 0 amide bonds. The number of methoxy groups -OCH3 is 1. The van der Waals surface area contributed by atoms with Gasteiger partial charge in [0.25, 0.3) is 0 Å². The van der Waals surface area contributed by atoms with Crippen molar-refractivity contribution in [3.63, 3.8) is 0 Å². The van der Waals surface area contributed by atoms with Gasteiger partial charge < -0.3 is 4.74 Å². The molecule has 1 N–H and O–H groups in total. The first-order valence-electron chi connectivity index (χ1n) is 3.91. The van der Waals surface area contributed by atoms with Gasteiger partial charge >= 0.3 is 0 Å². The van der Waals surface area contributed by atoms with E-state index in [1.165, 1.54) is 0 Å². The summed E-state index contributed by atoms with van der Waals surface area (Å²) in [5.41, 5.74) is 4.24. The molecule has 0 spiro atoms. The molecule has 0 bridgehead atoms.